The third-order valence-corrected chi connectivity index (χ3v) is 2.64. The average molecular weight is 217 g/mol. The van der Waals surface area contributed by atoms with Gasteiger partial charge in [0, 0.05) is 18.8 Å². The van der Waals surface area contributed by atoms with Crippen molar-refractivity contribution in [1.82, 2.24) is 0 Å². The Morgan fingerprint density at radius 2 is 1.81 bits per heavy atom. The normalized spacial score (nSPS) is 16.6. The molecule has 0 N–H and O–H groups in total. The van der Waals surface area contributed by atoms with E-state index in [-0.39, 0.29) is 0 Å². The molecule has 84 valence electrons. The van der Waals surface area contributed by atoms with Gasteiger partial charge in [0.15, 0.2) is 0 Å². The molecule has 2 rings (SSSR count). The lowest BCUT2D eigenvalue weighted by molar-refractivity contribution is -0.104. The van der Waals surface area contributed by atoms with Crippen molar-refractivity contribution in [3.05, 3.63) is 35.9 Å². The first-order chi connectivity index (χ1) is 7.90. The van der Waals surface area contributed by atoms with E-state index in [1.807, 2.05) is 12.1 Å². The van der Waals surface area contributed by atoms with Crippen LogP contribution in [0.3, 0.4) is 0 Å². The first kappa shape index (κ1) is 10.9. The number of carbonyl (C=O) groups is 1. The van der Waals surface area contributed by atoms with Gasteiger partial charge in [-0.1, -0.05) is 18.2 Å². The Hall–Kier alpha value is -1.61. The van der Waals surface area contributed by atoms with E-state index in [1.165, 1.54) is 11.8 Å². The molecule has 16 heavy (non-hydrogen) atoms. The third-order valence-electron chi connectivity index (χ3n) is 2.64. The van der Waals surface area contributed by atoms with Crippen LogP contribution in [0, 0.1) is 0 Å². The molecule has 1 aromatic carbocycles. The molecule has 0 aliphatic carbocycles. The zero-order valence-corrected chi connectivity index (χ0v) is 9.13. The Labute approximate surface area is 95.3 Å². The van der Waals surface area contributed by atoms with Gasteiger partial charge in [0.1, 0.15) is 6.29 Å². The summed E-state index contributed by atoms with van der Waals surface area (Å²) in [5.41, 5.74) is 2.26. The maximum atomic E-state index is 10.2. The lowest BCUT2D eigenvalue weighted by atomic mass is 10.2. The molecule has 0 aromatic heterocycles. The van der Waals surface area contributed by atoms with E-state index in [9.17, 15) is 4.79 Å². The van der Waals surface area contributed by atoms with Gasteiger partial charge in [-0.25, -0.2) is 0 Å². The molecule has 1 aromatic rings. The number of hydrogen-bond acceptors (Lipinski definition) is 3. The van der Waals surface area contributed by atoms with Crippen LogP contribution in [-0.4, -0.2) is 32.6 Å². The summed E-state index contributed by atoms with van der Waals surface area (Å²) < 4.78 is 5.31. The Balaban J connectivity index is 2.05. The SMILES string of the molecule is O=CC=Cc1ccc(N2CCOCC2)cc1. The minimum atomic E-state index is 0.788. The third kappa shape index (κ3) is 2.70. The maximum absolute atomic E-state index is 10.2. The molecular weight excluding hydrogens is 202 g/mol. The van der Waals surface area contributed by atoms with E-state index in [0.717, 1.165) is 38.2 Å². The van der Waals surface area contributed by atoms with Gasteiger partial charge in [-0.05, 0) is 23.8 Å². The molecular formula is C13H15NO2. The standard InChI is InChI=1S/C13H15NO2/c15-9-1-2-12-3-5-13(6-4-12)14-7-10-16-11-8-14/h1-6,9H,7-8,10-11H2. The lowest BCUT2D eigenvalue weighted by Crippen LogP contribution is -2.36. The fourth-order valence-corrected chi connectivity index (χ4v) is 1.77. The molecule has 1 heterocycles. The van der Waals surface area contributed by atoms with E-state index in [1.54, 1.807) is 6.08 Å². The van der Waals surface area contributed by atoms with Gasteiger partial charge < -0.3 is 9.64 Å². The second kappa shape index (κ2) is 5.47. The first-order valence-electron chi connectivity index (χ1n) is 5.45. The molecule has 0 spiro atoms. The Kier molecular flexibility index (Phi) is 3.72. The number of morpholine rings is 1. The van der Waals surface area contributed by atoms with Crippen LogP contribution in [0.2, 0.25) is 0 Å². The summed E-state index contributed by atoms with van der Waals surface area (Å²) in [6, 6.07) is 8.20. The van der Waals surface area contributed by atoms with Crippen LogP contribution >= 0.6 is 0 Å². The highest BCUT2D eigenvalue weighted by Crippen LogP contribution is 2.17. The molecule has 3 nitrogen and oxygen atoms in total. The van der Waals surface area contributed by atoms with Crippen LogP contribution in [0.1, 0.15) is 5.56 Å². The number of allylic oxidation sites excluding steroid dienone is 1. The van der Waals surface area contributed by atoms with Crippen molar-refractivity contribution in [3.8, 4) is 0 Å². The van der Waals surface area contributed by atoms with Gasteiger partial charge in [0.2, 0.25) is 0 Å². The van der Waals surface area contributed by atoms with E-state index >= 15 is 0 Å². The van der Waals surface area contributed by atoms with Crippen molar-refractivity contribution in [2.75, 3.05) is 31.2 Å². The topological polar surface area (TPSA) is 29.5 Å². The van der Waals surface area contributed by atoms with Gasteiger partial charge in [0.05, 0.1) is 13.2 Å². The van der Waals surface area contributed by atoms with E-state index in [0.29, 0.717) is 0 Å². The highest BCUT2D eigenvalue weighted by atomic mass is 16.5. The average Bonchev–Trinajstić information content (AvgIpc) is 2.38. The van der Waals surface area contributed by atoms with Crippen molar-refractivity contribution in [3.63, 3.8) is 0 Å². The van der Waals surface area contributed by atoms with Gasteiger partial charge in [-0.15, -0.1) is 0 Å². The highest BCUT2D eigenvalue weighted by molar-refractivity contribution is 5.74. The number of hydrogen-bond donors (Lipinski definition) is 0. The van der Waals surface area contributed by atoms with Crippen molar-refractivity contribution in [1.29, 1.82) is 0 Å². The Bertz CT molecular complexity index is 364. The summed E-state index contributed by atoms with van der Waals surface area (Å²) in [4.78, 5) is 12.5. The van der Waals surface area contributed by atoms with Crippen molar-refractivity contribution in [2.24, 2.45) is 0 Å². The predicted molar refractivity (Wildman–Crippen MR) is 64.6 cm³/mol. The monoisotopic (exact) mass is 217 g/mol. The number of ether oxygens (including phenoxy) is 1. The zero-order valence-electron chi connectivity index (χ0n) is 9.13. The Morgan fingerprint density at radius 3 is 2.44 bits per heavy atom. The van der Waals surface area contributed by atoms with Gasteiger partial charge in [-0.3, -0.25) is 4.79 Å². The van der Waals surface area contributed by atoms with Crippen LogP contribution in [0.25, 0.3) is 6.08 Å². The molecule has 0 bridgehead atoms. The fraction of sp³-hybridized carbons (Fsp3) is 0.308. The van der Waals surface area contributed by atoms with Crippen LogP contribution in [0.15, 0.2) is 30.3 Å². The minimum Gasteiger partial charge on any atom is -0.378 e. The molecule has 1 fully saturated rings. The lowest BCUT2D eigenvalue weighted by Gasteiger charge is -2.28. The van der Waals surface area contributed by atoms with E-state index in [2.05, 4.69) is 17.0 Å². The number of nitrogens with zero attached hydrogens (tertiary/aromatic N) is 1. The van der Waals surface area contributed by atoms with Gasteiger partial charge in [0.25, 0.3) is 0 Å². The molecule has 1 aliphatic rings. The minimum absolute atomic E-state index is 0.788. The number of carbonyl (C=O) groups excluding carboxylic acids is 1. The van der Waals surface area contributed by atoms with Crippen LogP contribution < -0.4 is 4.90 Å². The van der Waals surface area contributed by atoms with E-state index < -0.39 is 0 Å². The van der Waals surface area contributed by atoms with Crippen LogP contribution in [-0.2, 0) is 9.53 Å². The van der Waals surface area contributed by atoms with Crippen molar-refractivity contribution < 1.29 is 9.53 Å². The molecule has 0 radical (unpaired) electrons. The largest absolute Gasteiger partial charge is 0.378 e. The van der Waals surface area contributed by atoms with E-state index in [4.69, 9.17) is 4.74 Å². The second-order valence-electron chi connectivity index (χ2n) is 3.69. The Morgan fingerprint density at radius 1 is 1.12 bits per heavy atom. The number of anilines is 1. The molecule has 0 amide bonds. The summed E-state index contributed by atoms with van der Waals surface area (Å²) in [6.45, 7) is 3.49. The molecule has 0 saturated carbocycles. The number of aldehydes is 1. The smallest absolute Gasteiger partial charge is 0.142 e. The zero-order chi connectivity index (χ0) is 11.2. The predicted octanol–water partition coefficient (Wildman–Crippen LogP) is 1.74. The molecule has 0 unspecified atom stereocenters. The molecule has 0 atom stereocenters. The number of rotatable bonds is 3. The first-order valence-corrected chi connectivity index (χ1v) is 5.45. The summed E-state index contributed by atoms with van der Waals surface area (Å²) in [5, 5.41) is 0. The molecule has 1 saturated heterocycles. The highest BCUT2D eigenvalue weighted by Gasteiger charge is 2.10. The molecule has 1 aliphatic heterocycles. The van der Waals surface area contributed by atoms with Crippen LogP contribution in [0.4, 0.5) is 5.69 Å². The summed E-state index contributed by atoms with van der Waals surface area (Å²) >= 11 is 0. The summed E-state index contributed by atoms with van der Waals surface area (Å²) in [6.07, 6.45) is 4.09. The van der Waals surface area contributed by atoms with Crippen molar-refractivity contribution >= 4 is 18.0 Å². The summed E-state index contributed by atoms with van der Waals surface area (Å²) in [5.74, 6) is 0. The maximum Gasteiger partial charge on any atom is 0.142 e. The van der Waals surface area contributed by atoms with Crippen LogP contribution in [0.5, 0.6) is 0 Å². The number of benzene rings is 1. The van der Waals surface area contributed by atoms with Gasteiger partial charge >= 0.3 is 0 Å². The van der Waals surface area contributed by atoms with Gasteiger partial charge in [-0.2, -0.15) is 0 Å². The second-order valence-corrected chi connectivity index (χ2v) is 3.69. The summed E-state index contributed by atoms with van der Waals surface area (Å²) in [7, 11) is 0. The quantitative estimate of drug-likeness (QED) is 0.570. The van der Waals surface area contributed by atoms with Crippen molar-refractivity contribution in [2.45, 2.75) is 0 Å². The fourth-order valence-electron chi connectivity index (χ4n) is 1.77. The molecule has 3 heteroatoms.